The van der Waals surface area contributed by atoms with Gasteiger partial charge in [0.15, 0.2) is 0 Å². The molecule has 0 spiro atoms. The average Bonchev–Trinajstić information content (AvgIpc) is 3.14. The van der Waals surface area contributed by atoms with E-state index in [9.17, 15) is 4.79 Å². The van der Waals surface area contributed by atoms with Crippen molar-refractivity contribution in [3.63, 3.8) is 0 Å². The van der Waals surface area contributed by atoms with Gasteiger partial charge < -0.3 is 10.3 Å². The van der Waals surface area contributed by atoms with Crippen LogP contribution in [0.1, 0.15) is 32.8 Å². The summed E-state index contributed by atoms with van der Waals surface area (Å²) in [7, 11) is 0. The Bertz CT molecular complexity index is 686. The first kappa shape index (κ1) is 16.0. The maximum atomic E-state index is 12.3. The number of hydrogen-bond donors (Lipinski definition) is 4. The van der Waals surface area contributed by atoms with Gasteiger partial charge in [-0.05, 0) is 29.9 Å². The lowest BCUT2D eigenvalue weighted by Gasteiger charge is -2.25. The number of aromatic amines is 1. The Hall–Kier alpha value is -1.85. The monoisotopic (exact) mass is 314 g/mol. The highest BCUT2D eigenvalue weighted by atomic mass is 16.2. The maximum Gasteiger partial charge on any atom is 0.238 e. The molecule has 0 saturated carbocycles. The fourth-order valence-corrected chi connectivity index (χ4v) is 3.08. The van der Waals surface area contributed by atoms with Gasteiger partial charge in [-0.2, -0.15) is 0 Å². The van der Waals surface area contributed by atoms with Gasteiger partial charge in [-0.25, -0.2) is 5.43 Å². The van der Waals surface area contributed by atoms with Gasteiger partial charge in [0.1, 0.15) is 6.04 Å². The molecule has 1 aromatic heterocycles. The summed E-state index contributed by atoms with van der Waals surface area (Å²) in [6.07, 6.45) is 3.68. The van der Waals surface area contributed by atoms with Crippen molar-refractivity contribution >= 4 is 16.8 Å². The van der Waals surface area contributed by atoms with E-state index in [2.05, 4.69) is 54.1 Å². The zero-order valence-electron chi connectivity index (χ0n) is 14.1. The molecule has 0 bridgehead atoms. The Kier molecular flexibility index (Phi) is 4.41. The summed E-state index contributed by atoms with van der Waals surface area (Å²) in [5.74, 6) is 0.0732. The van der Waals surface area contributed by atoms with Crippen molar-refractivity contribution in [2.75, 3.05) is 6.54 Å². The number of nitrogens with one attached hydrogen (secondary N) is 4. The molecule has 1 aliphatic rings. The number of H-pyrrole nitrogens is 1. The number of hydrazine groups is 1. The second-order valence-electron chi connectivity index (χ2n) is 7.40. The molecular formula is C18H26N4O. The Morgan fingerprint density at radius 3 is 2.78 bits per heavy atom. The van der Waals surface area contributed by atoms with E-state index >= 15 is 0 Å². The normalized spacial score (nSPS) is 21.7. The molecule has 2 heterocycles. The van der Waals surface area contributed by atoms with Crippen molar-refractivity contribution in [1.82, 2.24) is 21.2 Å². The second-order valence-corrected chi connectivity index (χ2v) is 7.40. The van der Waals surface area contributed by atoms with Crippen molar-refractivity contribution in [2.45, 2.75) is 45.7 Å². The highest BCUT2D eigenvalue weighted by Crippen LogP contribution is 2.25. The van der Waals surface area contributed by atoms with E-state index in [0.29, 0.717) is 12.6 Å². The number of para-hydroxylation sites is 1. The molecule has 1 aromatic carbocycles. The van der Waals surface area contributed by atoms with Crippen LogP contribution in [0.15, 0.2) is 30.5 Å². The second kappa shape index (κ2) is 6.34. The summed E-state index contributed by atoms with van der Waals surface area (Å²) < 4.78 is 0. The first-order valence-electron chi connectivity index (χ1n) is 8.29. The number of rotatable bonds is 4. The summed E-state index contributed by atoms with van der Waals surface area (Å²) in [6, 6.07) is 8.40. The molecule has 1 fully saturated rings. The van der Waals surface area contributed by atoms with E-state index in [0.717, 1.165) is 18.4 Å². The number of carbonyl (C=O) groups is 1. The van der Waals surface area contributed by atoms with Crippen molar-refractivity contribution in [1.29, 1.82) is 0 Å². The lowest BCUT2D eigenvalue weighted by Crippen LogP contribution is -2.44. The van der Waals surface area contributed by atoms with Crippen LogP contribution in [0.3, 0.4) is 0 Å². The van der Waals surface area contributed by atoms with E-state index in [1.54, 1.807) is 0 Å². The minimum atomic E-state index is -0.151. The van der Waals surface area contributed by atoms with Crippen LogP contribution in [0.25, 0.3) is 10.9 Å². The SMILES string of the molecule is CC(C)(C)C1CC(C(=O)NCCc2c[nH]c3ccccc23)NN1. The molecule has 1 saturated heterocycles. The first-order chi connectivity index (χ1) is 10.9. The molecule has 2 aromatic rings. The van der Waals surface area contributed by atoms with Crippen LogP contribution in [-0.2, 0) is 11.2 Å². The highest BCUT2D eigenvalue weighted by Gasteiger charge is 2.35. The summed E-state index contributed by atoms with van der Waals surface area (Å²) in [4.78, 5) is 15.6. The van der Waals surface area contributed by atoms with Crippen molar-refractivity contribution in [3.8, 4) is 0 Å². The van der Waals surface area contributed by atoms with Gasteiger partial charge in [-0.3, -0.25) is 10.2 Å². The van der Waals surface area contributed by atoms with Crippen LogP contribution in [-0.4, -0.2) is 29.5 Å². The van der Waals surface area contributed by atoms with Crippen LogP contribution in [0, 0.1) is 5.41 Å². The Morgan fingerprint density at radius 1 is 1.26 bits per heavy atom. The molecule has 5 nitrogen and oxygen atoms in total. The van der Waals surface area contributed by atoms with Crippen molar-refractivity contribution in [2.24, 2.45) is 5.41 Å². The first-order valence-corrected chi connectivity index (χ1v) is 8.29. The lowest BCUT2D eigenvalue weighted by molar-refractivity contribution is -0.122. The van der Waals surface area contributed by atoms with Crippen molar-refractivity contribution in [3.05, 3.63) is 36.0 Å². The molecule has 2 atom stereocenters. The number of aromatic nitrogens is 1. The van der Waals surface area contributed by atoms with Gasteiger partial charge in [0, 0.05) is 29.7 Å². The number of amides is 1. The summed E-state index contributed by atoms with van der Waals surface area (Å²) >= 11 is 0. The molecular weight excluding hydrogens is 288 g/mol. The molecule has 1 aliphatic heterocycles. The van der Waals surface area contributed by atoms with E-state index in [1.807, 2.05) is 18.3 Å². The third-order valence-electron chi connectivity index (χ3n) is 4.63. The summed E-state index contributed by atoms with van der Waals surface area (Å²) in [5, 5.41) is 4.28. The minimum absolute atomic E-state index is 0.0732. The number of fused-ring (bicyclic) bond motifs is 1. The Balaban J connectivity index is 1.50. The smallest absolute Gasteiger partial charge is 0.238 e. The Labute approximate surface area is 137 Å². The highest BCUT2D eigenvalue weighted by molar-refractivity contribution is 5.84. The van der Waals surface area contributed by atoms with Gasteiger partial charge in [0.05, 0.1) is 0 Å². The number of benzene rings is 1. The molecule has 4 N–H and O–H groups in total. The topological polar surface area (TPSA) is 69.0 Å². The number of hydrogen-bond acceptors (Lipinski definition) is 3. The molecule has 2 unspecified atom stereocenters. The summed E-state index contributed by atoms with van der Waals surface area (Å²) in [5.41, 5.74) is 8.89. The molecule has 0 radical (unpaired) electrons. The van der Waals surface area contributed by atoms with Gasteiger partial charge in [0.2, 0.25) is 5.91 Å². The zero-order valence-corrected chi connectivity index (χ0v) is 14.1. The largest absolute Gasteiger partial charge is 0.361 e. The maximum absolute atomic E-state index is 12.3. The number of carbonyl (C=O) groups excluding carboxylic acids is 1. The Morgan fingerprint density at radius 2 is 2.04 bits per heavy atom. The standard InChI is InChI=1S/C18H26N4O/c1-18(2,3)16-10-15(21-22-16)17(23)19-9-8-12-11-20-14-7-5-4-6-13(12)14/h4-7,11,15-16,20-22H,8-10H2,1-3H3,(H,19,23). The fourth-order valence-electron chi connectivity index (χ4n) is 3.08. The van der Waals surface area contributed by atoms with Crippen LogP contribution in [0.5, 0.6) is 0 Å². The predicted molar refractivity (Wildman–Crippen MR) is 92.9 cm³/mol. The molecule has 0 aliphatic carbocycles. The van der Waals surface area contributed by atoms with E-state index in [4.69, 9.17) is 0 Å². The van der Waals surface area contributed by atoms with Crippen LogP contribution >= 0.6 is 0 Å². The van der Waals surface area contributed by atoms with E-state index in [-0.39, 0.29) is 17.4 Å². The van der Waals surface area contributed by atoms with Gasteiger partial charge in [0.25, 0.3) is 0 Å². The summed E-state index contributed by atoms with van der Waals surface area (Å²) in [6.45, 7) is 7.20. The van der Waals surface area contributed by atoms with E-state index < -0.39 is 0 Å². The van der Waals surface area contributed by atoms with E-state index in [1.165, 1.54) is 10.9 Å². The molecule has 1 amide bonds. The molecule has 5 heteroatoms. The van der Waals surface area contributed by atoms with Gasteiger partial charge in [-0.1, -0.05) is 39.0 Å². The molecule has 23 heavy (non-hydrogen) atoms. The van der Waals surface area contributed by atoms with Crippen LogP contribution in [0.2, 0.25) is 0 Å². The zero-order chi connectivity index (χ0) is 16.4. The van der Waals surface area contributed by atoms with Crippen LogP contribution < -0.4 is 16.2 Å². The predicted octanol–water partition coefficient (Wildman–Crippen LogP) is 2.11. The molecule has 124 valence electrons. The third-order valence-corrected chi connectivity index (χ3v) is 4.63. The average molecular weight is 314 g/mol. The third kappa shape index (κ3) is 3.57. The van der Waals surface area contributed by atoms with Gasteiger partial charge >= 0.3 is 0 Å². The fraction of sp³-hybridized carbons (Fsp3) is 0.500. The van der Waals surface area contributed by atoms with Crippen molar-refractivity contribution < 1.29 is 4.79 Å². The molecule has 3 rings (SSSR count). The lowest BCUT2D eigenvalue weighted by atomic mass is 9.84. The quantitative estimate of drug-likeness (QED) is 0.699. The van der Waals surface area contributed by atoms with Crippen LogP contribution in [0.4, 0.5) is 0 Å². The van der Waals surface area contributed by atoms with Gasteiger partial charge in [-0.15, -0.1) is 0 Å². The minimum Gasteiger partial charge on any atom is -0.361 e.